The highest BCUT2D eigenvalue weighted by Crippen LogP contribution is 2.20. The van der Waals surface area contributed by atoms with E-state index >= 15 is 0 Å². The van der Waals surface area contributed by atoms with Gasteiger partial charge in [0.2, 0.25) is 5.91 Å². The van der Waals surface area contributed by atoms with E-state index in [1.807, 2.05) is 0 Å². The largest absolute Gasteiger partial charge is 0.466 e. The van der Waals surface area contributed by atoms with Crippen molar-refractivity contribution in [1.29, 1.82) is 0 Å². The molecule has 17 heavy (non-hydrogen) atoms. The Kier molecular flexibility index (Phi) is 5.49. The van der Waals surface area contributed by atoms with E-state index in [1.165, 1.54) is 0 Å². The third-order valence-electron chi connectivity index (χ3n) is 2.01. The molecule has 0 bridgehead atoms. The van der Waals surface area contributed by atoms with Crippen LogP contribution in [0.3, 0.4) is 0 Å². The van der Waals surface area contributed by atoms with Gasteiger partial charge in [0.25, 0.3) is 0 Å². The summed E-state index contributed by atoms with van der Waals surface area (Å²) >= 11 is 5.87. The molecule has 1 aromatic carbocycles. The van der Waals surface area contributed by atoms with Gasteiger partial charge in [-0.3, -0.25) is 9.59 Å². The number of ether oxygens (including phenoxy) is 1. The lowest BCUT2D eigenvalue weighted by molar-refractivity contribution is -0.144. The second-order valence-electron chi connectivity index (χ2n) is 3.33. The van der Waals surface area contributed by atoms with Crippen LogP contribution in [0.1, 0.15) is 19.8 Å². The zero-order chi connectivity index (χ0) is 12.7. The quantitative estimate of drug-likeness (QED) is 0.823. The Bertz CT molecular complexity index is 406. The third-order valence-corrected chi connectivity index (χ3v) is 2.34. The average Bonchev–Trinajstić information content (AvgIpc) is 2.30. The smallest absolute Gasteiger partial charge is 0.306 e. The summed E-state index contributed by atoms with van der Waals surface area (Å²) in [7, 11) is 0. The SMILES string of the molecule is CCOC(=O)CCC(=O)Nc1ccccc1Cl. The Morgan fingerprint density at radius 1 is 1.29 bits per heavy atom. The molecule has 0 radical (unpaired) electrons. The predicted molar refractivity (Wildman–Crippen MR) is 65.9 cm³/mol. The van der Waals surface area contributed by atoms with Crippen LogP contribution >= 0.6 is 11.6 Å². The third kappa shape index (κ3) is 4.87. The number of hydrogen-bond acceptors (Lipinski definition) is 3. The minimum Gasteiger partial charge on any atom is -0.466 e. The van der Waals surface area contributed by atoms with Gasteiger partial charge < -0.3 is 10.1 Å². The van der Waals surface area contributed by atoms with Gasteiger partial charge in [0.15, 0.2) is 0 Å². The fraction of sp³-hybridized carbons (Fsp3) is 0.333. The molecule has 0 aliphatic rings. The van der Waals surface area contributed by atoms with Gasteiger partial charge >= 0.3 is 5.97 Å². The van der Waals surface area contributed by atoms with Gasteiger partial charge in [-0.1, -0.05) is 23.7 Å². The number of carbonyl (C=O) groups is 2. The van der Waals surface area contributed by atoms with E-state index in [4.69, 9.17) is 16.3 Å². The number of benzene rings is 1. The maximum atomic E-state index is 11.5. The standard InChI is InChI=1S/C12H14ClNO3/c1-2-17-12(16)8-7-11(15)14-10-6-4-3-5-9(10)13/h3-6H,2,7-8H2,1H3,(H,14,15). The Morgan fingerprint density at radius 3 is 2.65 bits per heavy atom. The molecule has 0 aliphatic heterocycles. The summed E-state index contributed by atoms with van der Waals surface area (Å²) in [5.41, 5.74) is 0.544. The summed E-state index contributed by atoms with van der Waals surface area (Å²) in [4.78, 5) is 22.5. The Morgan fingerprint density at radius 2 is 2.00 bits per heavy atom. The van der Waals surface area contributed by atoms with Crippen molar-refractivity contribution in [2.24, 2.45) is 0 Å². The van der Waals surface area contributed by atoms with Crippen molar-refractivity contribution in [2.75, 3.05) is 11.9 Å². The van der Waals surface area contributed by atoms with Crippen LogP contribution in [0.25, 0.3) is 0 Å². The highest BCUT2D eigenvalue weighted by atomic mass is 35.5. The van der Waals surface area contributed by atoms with Crippen molar-refractivity contribution in [1.82, 2.24) is 0 Å². The molecule has 0 atom stereocenters. The molecule has 0 heterocycles. The Balaban J connectivity index is 2.40. The number of para-hydroxylation sites is 1. The topological polar surface area (TPSA) is 55.4 Å². The molecule has 0 fully saturated rings. The molecular weight excluding hydrogens is 242 g/mol. The average molecular weight is 256 g/mol. The van der Waals surface area contributed by atoms with Gasteiger partial charge in [-0.15, -0.1) is 0 Å². The molecule has 92 valence electrons. The number of hydrogen-bond donors (Lipinski definition) is 1. The molecule has 0 spiro atoms. The van der Waals surface area contributed by atoms with Crippen molar-refractivity contribution in [3.05, 3.63) is 29.3 Å². The van der Waals surface area contributed by atoms with Crippen molar-refractivity contribution < 1.29 is 14.3 Å². The molecular formula is C12H14ClNO3. The van der Waals surface area contributed by atoms with Gasteiger partial charge in [0, 0.05) is 6.42 Å². The fourth-order valence-electron chi connectivity index (χ4n) is 1.22. The number of anilines is 1. The Hall–Kier alpha value is -1.55. The lowest BCUT2D eigenvalue weighted by Crippen LogP contribution is -2.14. The summed E-state index contributed by atoms with van der Waals surface area (Å²) < 4.78 is 4.72. The number of esters is 1. The molecule has 5 heteroatoms. The molecule has 4 nitrogen and oxygen atoms in total. The van der Waals surface area contributed by atoms with Crippen molar-refractivity contribution in [2.45, 2.75) is 19.8 Å². The van der Waals surface area contributed by atoms with Gasteiger partial charge in [0.1, 0.15) is 0 Å². The summed E-state index contributed by atoms with van der Waals surface area (Å²) in [6, 6.07) is 6.93. The van der Waals surface area contributed by atoms with Crippen LogP contribution in [0, 0.1) is 0 Å². The molecule has 0 saturated heterocycles. The number of amides is 1. The van der Waals surface area contributed by atoms with E-state index in [0.29, 0.717) is 17.3 Å². The zero-order valence-corrected chi connectivity index (χ0v) is 10.3. The first-order valence-electron chi connectivity index (χ1n) is 5.33. The lowest BCUT2D eigenvalue weighted by Gasteiger charge is -2.06. The first kappa shape index (κ1) is 13.5. The molecule has 1 rings (SSSR count). The van der Waals surface area contributed by atoms with E-state index < -0.39 is 0 Å². The van der Waals surface area contributed by atoms with Crippen molar-refractivity contribution in [3.8, 4) is 0 Å². The summed E-state index contributed by atoms with van der Waals surface area (Å²) in [5.74, 6) is -0.632. The van der Waals surface area contributed by atoms with E-state index in [9.17, 15) is 9.59 Å². The highest BCUT2D eigenvalue weighted by Gasteiger charge is 2.08. The molecule has 1 N–H and O–H groups in total. The molecule has 0 aromatic heterocycles. The Labute approximate surface area is 105 Å². The molecule has 1 amide bonds. The minimum atomic E-state index is -0.373. The van der Waals surface area contributed by atoms with Crippen LogP contribution in [0.5, 0.6) is 0 Å². The van der Waals surface area contributed by atoms with Crippen LogP contribution in [-0.4, -0.2) is 18.5 Å². The van der Waals surface area contributed by atoms with Gasteiger partial charge in [0.05, 0.1) is 23.7 Å². The molecule has 0 aliphatic carbocycles. The van der Waals surface area contributed by atoms with E-state index in [-0.39, 0.29) is 24.7 Å². The number of rotatable bonds is 5. The number of halogens is 1. The minimum absolute atomic E-state index is 0.0735. The fourth-order valence-corrected chi connectivity index (χ4v) is 1.41. The normalized spacial score (nSPS) is 9.76. The van der Waals surface area contributed by atoms with Crippen LogP contribution in [0.4, 0.5) is 5.69 Å². The molecule has 0 unspecified atom stereocenters. The lowest BCUT2D eigenvalue weighted by atomic mass is 10.2. The van der Waals surface area contributed by atoms with E-state index in [0.717, 1.165) is 0 Å². The number of nitrogens with one attached hydrogen (secondary N) is 1. The maximum Gasteiger partial charge on any atom is 0.306 e. The van der Waals surface area contributed by atoms with Crippen LogP contribution in [0.15, 0.2) is 24.3 Å². The first-order chi connectivity index (χ1) is 8.13. The van der Waals surface area contributed by atoms with Crippen LogP contribution < -0.4 is 5.32 Å². The van der Waals surface area contributed by atoms with Crippen LogP contribution in [-0.2, 0) is 14.3 Å². The molecule has 0 saturated carbocycles. The van der Waals surface area contributed by atoms with Crippen LogP contribution in [0.2, 0.25) is 5.02 Å². The molecule has 1 aromatic rings. The zero-order valence-electron chi connectivity index (χ0n) is 9.53. The number of carbonyl (C=O) groups excluding carboxylic acids is 2. The van der Waals surface area contributed by atoms with Crippen molar-refractivity contribution in [3.63, 3.8) is 0 Å². The van der Waals surface area contributed by atoms with Gasteiger partial charge in [-0.25, -0.2) is 0 Å². The second-order valence-corrected chi connectivity index (χ2v) is 3.74. The van der Waals surface area contributed by atoms with Crippen molar-refractivity contribution >= 4 is 29.2 Å². The highest BCUT2D eigenvalue weighted by molar-refractivity contribution is 6.33. The van der Waals surface area contributed by atoms with Gasteiger partial charge in [-0.2, -0.15) is 0 Å². The predicted octanol–water partition coefficient (Wildman–Crippen LogP) is 2.62. The summed E-state index contributed by atoms with van der Waals surface area (Å²) in [5, 5.41) is 3.10. The summed E-state index contributed by atoms with van der Waals surface area (Å²) in [6.45, 7) is 2.05. The van der Waals surface area contributed by atoms with E-state index in [2.05, 4.69) is 5.32 Å². The first-order valence-corrected chi connectivity index (χ1v) is 5.71. The van der Waals surface area contributed by atoms with Gasteiger partial charge in [-0.05, 0) is 19.1 Å². The second kappa shape index (κ2) is 6.91. The monoisotopic (exact) mass is 255 g/mol. The van der Waals surface area contributed by atoms with E-state index in [1.54, 1.807) is 31.2 Å². The summed E-state index contributed by atoms with van der Waals surface area (Å²) in [6.07, 6.45) is 0.161. The maximum absolute atomic E-state index is 11.5.